The molecule has 0 bridgehead atoms. The Labute approximate surface area is 91.1 Å². The number of aromatic carboxylic acids is 1. The molecule has 6 heteroatoms. The number of carbonyl (C=O) groups is 1. The van der Waals surface area contributed by atoms with Crippen LogP contribution < -0.4 is 4.74 Å². The van der Waals surface area contributed by atoms with Gasteiger partial charge in [0.1, 0.15) is 12.1 Å². The van der Waals surface area contributed by atoms with Crippen molar-refractivity contribution in [3.63, 3.8) is 0 Å². The van der Waals surface area contributed by atoms with Gasteiger partial charge in [0.2, 0.25) is 5.82 Å². The maximum absolute atomic E-state index is 10.8. The summed E-state index contributed by atoms with van der Waals surface area (Å²) in [5.41, 5.74) is 0.670. The van der Waals surface area contributed by atoms with Crippen LogP contribution in [0.15, 0.2) is 30.6 Å². The van der Waals surface area contributed by atoms with Gasteiger partial charge >= 0.3 is 5.97 Å². The van der Waals surface area contributed by atoms with E-state index in [4.69, 9.17) is 9.84 Å². The number of ether oxygens (including phenoxy) is 1. The van der Waals surface area contributed by atoms with Crippen LogP contribution in [0.4, 0.5) is 0 Å². The van der Waals surface area contributed by atoms with Crippen LogP contribution in [0.2, 0.25) is 0 Å². The largest absolute Gasteiger partial charge is 0.497 e. The molecule has 0 aliphatic rings. The van der Waals surface area contributed by atoms with Crippen molar-refractivity contribution in [3.05, 3.63) is 36.4 Å². The van der Waals surface area contributed by atoms with Gasteiger partial charge in [-0.15, -0.1) is 10.2 Å². The SMILES string of the molecule is COc1ccc(-n2cnnc2C(=O)O)cc1. The molecule has 0 aliphatic carbocycles. The van der Waals surface area contributed by atoms with Crippen LogP contribution in [0.3, 0.4) is 0 Å². The van der Waals surface area contributed by atoms with Crippen molar-refractivity contribution in [2.24, 2.45) is 0 Å². The molecule has 6 nitrogen and oxygen atoms in total. The van der Waals surface area contributed by atoms with Crippen LogP contribution in [-0.4, -0.2) is 33.0 Å². The van der Waals surface area contributed by atoms with Gasteiger partial charge in [-0.1, -0.05) is 0 Å². The maximum Gasteiger partial charge on any atom is 0.374 e. The third kappa shape index (κ3) is 1.72. The molecular formula is C10H9N3O3. The van der Waals surface area contributed by atoms with E-state index < -0.39 is 5.97 Å². The topological polar surface area (TPSA) is 77.2 Å². The van der Waals surface area contributed by atoms with Gasteiger partial charge in [0.15, 0.2) is 0 Å². The van der Waals surface area contributed by atoms with Crippen LogP contribution in [-0.2, 0) is 0 Å². The van der Waals surface area contributed by atoms with Crippen LogP contribution in [0.25, 0.3) is 5.69 Å². The number of hydrogen-bond acceptors (Lipinski definition) is 4. The van der Waals surface area contributed by atoms with Crippen LogP contribution in [0.5, 0.6) is 5.75 Å². The average Bonchev–Trinajstić information content (AvgIpc) is 2.78. The molecule has 0 fully saturated rings. The van der Waals surface area contributed by atoms with Gasteiger partial charge in [-0.05, 0) is 24.3 Å². The highest BCUT2D eigenvalue weighted by atomic mass is 16.5. The van der Waals surface area contributed by atoms with Gasteiger partial charge in [0, 0.05) is 5.69 Å². The lowest BCUT2D eigenvalue weighted by Crippen LogP contribution is -2.07. The first-order valence-electron chi connectivity index (χ1n) is 4.50. The van der Waals surface area contributed by atoms with Crippen molar-refractivity contribution in [2.45, 2.75) is 0 Å². The summed E-state index contributed by atoms with van der Waals surface area (Å²) in [6.07, 6.45) is 1.35. The summed E-state index contributed by atoms with van der Waals surface area (Å²) in [6.45, 7) is 0. The summed E-state index contributed by atoms with van der Waals surface area (Å²) in [4.78, 5) is 10.8. The minimum absolute atomic E-state index is 0.120. The van der Waals surface area contributed by atoms with E-state index in [1.54, 1.807) is 31.4 Å². The third-order valence-electron chi connectivity index (χ3n) is 2.09. The molecule has 1 aromatic carbocycles. The summed E-state index contributed by atoms with van der Waals surface area (Å²) < 4.78 is 6.40. The molecular weight excluding hydrogens is 210 g/mol. The van der Waals surface area contributed by atoms with E-state index in [0.717, 1.165) is 0 Å². The van der Waals surface area contributed by atoms with Crippen LogP contribution in [0, 0.1) is 0 Å². The predicted octanol–water partition coefficient (Wildman–Crippen LogP) is 0.974. The first kappa shape index (κ1) is 10.2. The zero-order valence-electron chi connectivity index (χ0n) is 8.49. The van der Waals surface area contributed by atoms with Crippen molar-refractivity contribution in [1.29, 1.82) is 0 Å². The lowest BCUT2D eigenvalue weighted by molar-refractivity contribution is 0.0681. The molecule has 2 rings (SSSR count). The Morgan fingerprint density at radius 1 is 1.38 bits per heavy atom. The minimum atomic E-state index is -1.12. The van der Waals surface area contributed by atoms with Gasteiger partial charge in [-0.25, -0.2) is 4.79 Å². The zero-order chi connectivity index (χ0) is 11.5. The molecule has 0 atom stereocenters. The Morgan fingerprint density at radius 2 is 2.06 bits per heavy atom. The molecule has 82 valence electrons. The van der Waals surface area contributed by atoms with Crippen molar-refractivity contribution in [1.82, 2.24) is 14.8 Å². The first-order valence-corrected chi connectivity index (χ1v) is 4.50. The molecule has 16 heavy (non-hydrogen) atoms. The monoisotopic (exact) mass is 219 g/mol. The van der Waals surface area contributed by atoms with Crippen molar-refractivity contribution in [2.75, 3.05) is 7.11 Å². The molecule has 0 saturated heterocycles. The van der Waals surface area contributed by atoms with E-state index >= 15 is 0 Å². The number of hydrogen-bond donors (Lipinski definition) is 1. The second-order valence-electron chi connectivity index (χ2n) is 3.03. The molecule has 0 aliphatic heterocycles. The zero-order valence-corrected chi connectivity index (χ0v) is 8.49. The van der Waals surface area contributed by atoms with Crippen molar-refractivity contribution in [3.8, 4) is 11.4 Å². The fourth-order valence-corrected chi connectivity index (χ4v) is 1.31. The van der Waals surface area contributed by atoms with Gasteiger partial charge in [-0.2, -0.15) is 0 Å². The first-order chi connectivity index (χ1) is 7.72. The Balaban J connectivity index is 2.42. The summed E-state index contributed by atoms with van der Waals surface area (Å²) in [6, 6.07) is 6.94. The normalized spacial score (nSPS) is 10.1. The smallest absolute Gasteiger partial charge is 0.374 e. The van der Waals surface area contributed by atoms with E-state index in [1.165, 1.54) is 10.9 Å². The maximum atomic E-state index is 10.8. The van der Waals surface area contributed by atoms with Crippen molar-refractivity contribution < 1.29 is 14.6 Å². The van der Waals surface area contributed by atoms with Crippen LogP contribution >= 0.6 is 0 Å². The molecule has 1 aromatic heterocycles. The third-order valence-corrected chi connectivity index (χ3v) is 2.09. The Kier molecular flexibility index (Phi) is 2.55. The number of carboxylic acid groups (broad SMARTS) is 1. The van der Waals surface area contributed by atoms with Gasteiger partial charge in [0.25, 0.3) is 0 Å². The minimum Gasteiger partial charge on any atom is -0.497 e. The number of carboxylic acids is 1. The van der Waals surface area contributed by atoms with Gasteiger partial charge in [0.05, 0.1) is 7.11 Å². The summed E-state index contributed by atoms with van der Waals surface area (Å²) in [7, 11) is 1.57. The van der Waals surface area contributed by atoms with Crippen molar-refractivity contribution >= 4 is 5.97 Å². The second kappa shape index (κ2) is 4.01. The number of benzene rings is 1. The number of aromatic nitrogens is 3. The lowest BCUT2D eigenvalue weighted by Gasteiger charge is -2.04. The van der Waals surface area contributed by atoms with E-state index in [9.17, 15) is 4.79 Å². The molecule has 0 radical (unpaired) electrons. The van der Waals surface area contributed by atoms with Gasteiger partial charge in [-0.3, -0.25) is 4.57 Å². The Morgan fingerprint density at radius 3 is 2.62 bits per heavy atom. The van der Waals surface area contributed by atoms with E-state index in [0.29, 0.717) is 11.4 Å². The fraction of sp³-hybridized carbons (Fsp3) is 0.100. The molecule has 0 saturated carbocycles. The fourth-order valence-electron chi connectivity index (χ4n) is 1.31. The molecule has 0 unspecified atom stereocenters. The van der Waals surface area contributed by atoms with E-state index in [-0.39, 0.29) is 5.82 Å². The highest BCUT2D eigenvalue weighted by Crippen LogP contribution is 2.15. The summed E-state index contributed by atoms with van der Waals surface area (Å²) in [5, 5.41) is 15.9. The summed E-state index contributed by atoms with van der Waals surface area (Å²) in [5.74, 6) is -0.535. The molecule has 1 heterocycles. The summed E-state index contributed by atoms with van der Waals surface area (Å²) >= 11 is 0. The number of methoxy groups -OCH3 is 1. The lowest BCUT2D eigenvalue weighted by atomic mass is 10.3. The standard InChI is InChI=1S/C10H9N3O3/c1-16-8-4-2-7(3-5-8)13-6-11-12-9(13)10(14)15/h2-6H,1H3,(H,14,15). The highest BCUT2D eigenvalue weighted by Gasteiger charge is 2.13. The molecule has 0 amide bonds. The Hall–Kier alpha value is -2.37. The number of nitrogens with zero attached hydrogens (tertiary/aromatic N) is 3. The average molecular weight is 219 g/mol. The Bertz CT molecular complexity index is 504. The predicted molar refractivity (Wildman–Crippen MR) is 54.9 cm³/mol. The number of rotatable bonds is 3. The molecule has 2 aromatic rings. The van der Waals surface area contributed by atoms with E-state index in [1.807, 2.05) is 0 Å². The highest BCUT2D eigenvalue weighted by molar-refractivity contribution is 5.84. The molecule has 0 spiro atoms. The second-order valence-corrected chi connectivity index (χ2v) is 3.03. The van der Waals surface area contributed by atoms with Crippen LogP contribution in [0.1, 0.15) is 10.6 Å². The quantitative estimate of drug-likeness (QED) is 0.832. The molecule has 1 N–H and O–H groups in total. The van der Waals surface area contributed by atoms with Gasteiger partial charge < -0.3 is 9.84 Å². The van der Waals surface area contributed by atoms with E-state index in [2.05, 4.69) is 10.2 Å².